The summed E-state index contributed by atoms with van der Waals surface area (Å²) in [5, 5.41) is 10.6. The summed E-state index contributed by atoms with van der Waals surface area (Å²) in [4.78, 5) is 29.3. The Morgan fingerprint density at radius 3 is 2.24 bits per heavy atom. The molecule has 9 heteroatoms. The van der Waals surface area contributed by atoms with E-state index in [0.717, 1.165) is 22.3 Å². The van der Waals surface area contributed by atoms with Crippen molar-refractivity contribution in [3.05, 3.63) is 108 Å². The second-order valence-corrected chi connectivity index (χ2v) is 9.50. The molecular weight excluding hydrogens is 521 g/mol. The number of aromatic nitrogens is 3. The maximum atomic E-state index is 13.1. The summed E-state index contributed by atoms with van der Waals surface area (Å²) in [5.41, 5.74) is 5.46. The number of anilines is 2. The third-order valence-electron chi connectivity index (χ3n) is 6.46. The number of pyridine rings is 1. The molecule has 5 aromatic rings. The molecule has 1 amide bonds. The van der Waals surface area contributed by atoms with Crippen molar-refractivity contribution in [1.82, 2.24) is 19.9 Å². The molecule has 2 aromatic heterocycles. The van der Waals surface area contributed by atoms with E-state index in [1.54, 1.807) is 34.8 Å². The third-order valence-corrected chi connectivity index (χ3v) is 6.46. The van der Waals surface area contributed by atoms with Crippen LogP contribution in [0.5, 0.6) is 5.75 Å². The van der Waals surface area contributed by atoms with Crippen LogP contribution >= 0.6 is 0 Å². The summed E-state index contributed by atoms with van der Waals surface area (Å²) in [6.07, 6.45) is 2.47. The van der Waals surface area contributed by atoms with E-state index in [1.165, 1.54) is 12.1 Å². The summed E-state index contributed by atoms with van der Waals surface area (Å²) in [6, 6.07) is 22.9. The number of amides is 1. The normalized spacial score (nSPS) is 10.9. The summed E-state index contributed by atoms with van der Waals surface area (Å²) in [5.74, 6) is 0.520. The van der Waals surface area contributed by atoms with Crippen LogP contribution in [0.25, 0.3) is 16.8 Å². The Hall–Kier alpha value is -5.05. The first-order chi connectivity index (χ1) is 19.9. The second kappa shape index (κ2) is 12.4. The van der Waals surface area contributed by atoms with Crippen LogP contribution in [-0.4, -0.2) is 39.4 Å². The van der Waals surface area contributed by atoms with Gasteiger partial charge in [0.25, 0.3) is 5.91 Å². The summed E-state index contributed by atoms with van der Waals surface area (Å²) in [7, 11) is 0. The number of ether oxygens (including phenoxy) is 1. The largest absolute Gasteiger partial charge is 0.492 e. The molecule has 8 nitrogen and oxygen atoms in total. The molecule has 0 radical (unpaired) electrons. The Balaban J connectivity index is 1.28. The molecule has 0 saturated heterocycles. The van der Waals surface area contributed by atoms with Gasteiger partial charge in [-0.05, 0) is 73.0 Å². The molecule has 0 aliphatic carbocycles. The number of ketones is 1. The van der Waals surface area contributed by atoms with Gasteiger partial charge in [0.05, 0.1) is 12.3 Å². The van der Waals surface area contributed by atoms with Crippen LogP contribution in [0, 0.1) is 5.82 Å². The van der Waals surface area contributed by atoms with Gasteiger partial charge >= 0.3 is 0 Å². The average Bonchev–Trinajstić information content (AvgIpc) is 3.37. The number of hydrogen-bond acceptors (Lipinski definition) is 6. The van der Waals surface area contributed by atoms with Gasteiger partial charge in [-0.15, -0.1) is 5.10 Å². The number of rotatable bonds is 11. The van der Waals surface area contributed by atoms with Crippen molar-refractivity contribution in [2.75, 3.05) is 18.5 Å². The highest BCUT2D eigenvalue weighted by molar-refractivity contribution is 5.95. The van der Waals surface area contributed by atoms with E-state index in [0.29, 0.717) is 48.2 Å². The zero-order valence-electron chi connectivity index (χ0n) is 22.9. The van der Waals surface area contributed by atoms with Gasteiger partial charge in [-0.2, -0.15) is 4.98 Å². The summed E-state index contributed by atoms with van der Waals surface area (Å²) < 4.78 is 20.6. The molecule has 2 N–H and O–H groups in total. The lowest BCUT2D eigenvalue weighted by Crippen LogP contribution is -2.22. The standard InChI is InChI=1S/C32H30FN5O3/c1-3-34-31(40)24-11-15-28(29(19-24)41-4-2)35-32-36-30-16-12-25(20-38(30)37-32)23-9-5-21(6-10-23)17-27(39)18-22-7-13-26(33)14-8-22/h5-16,19-20H,3-4,17-18H2,1-2H3,(H,34,40)(H,35,37). The van der Waals surface area contributed by atoms with E-state index in [-0.39, 0.29) is 23.9 Å². The molecule has 0 bridgehead atoms. The van der Waals surface area contributed by atoms with Gasteiger partial charge in [-0.25, -0.2) is 8.91 Å². The molecule has 0 unspecified atom stereocenters. The van der Waals surface area contributed by atoms with Crippen molar-refractivity contribution in [2.24, 2.45) is 0 Å². The highest BCUT2D eigenvalue weighted by Crippen LogP contribution is 2.29. The number of benzene rings is 3. The first kappa shape index (κ1) is 27.5. The van der Waals surface area contributed by atoms with Gasteiger partial charge in [-0.3, -0.25) is 9.59 Å². The highest BCUT2D eigenvalue weighted by atomic mass is 19.1. The van der Waals surface area contributed by atoms with Crippen LogP contribution in [-0.2, 0) is 17.6 Å². The molecule has 41 heavy (non-hydrogen) atoms. The maximum Gasteiger partial charge on any atom is 0.251 e. The van der Waals surface area contributed by atoms with E-state index in [9.17, 15) is 14.0 Å². The lowest BCUT2D eigenvalue weighted by atomic mass is 10.0. The zero-order valence-corrected chi connectivity index (χ0v) is 22.9. The van der Waals surface area contributed by atoms with Gasteiger partial charge < -0.3 is 15.4 Å². The Morgan fingerprint density at radius 1 is 0.878 bits per heavy atom. The molecule has 0 aliphatic rings. The van der Waals surface area contributed by atoms with Gasteiger partial charge in [-0.1, -0.05) is 36.4 Å². The van der Waals surface area contributed by atoms with Gasteiger partial charge in [0, 0.05) is 36.7 Å². The van der Waals surface area contributed by atoms with Crippen LogP contribution in [0.15, 0.2) is 85.1 Å². The van der Waals surface area contributed by atoms with Crippen molar-refractivity contribution in [3.63, 3.8) is 0 Å². The van der Waals surface area contributed by atoms with Crippen LogP contribution in [0.3, 0.4) is 0 Å². The van der Waals surface area contributed by atoms with Crippen molar-refractivity contribution in [1.29, 1.82) is 0 Å². The molecule has 0 aliphatic heterocycles. The minimum Gasteiger partial charge on any atom is -0.492 e. The van der Waals surface area contributed by atoms with E-state index in [1.807, 2.05) is 56.4 Å². The number of carbonyl (C=O) groups is 2. The van der Waals surface area contributed by atoms with Gasteiger partial charge in [0.1, 0.15) is 17.3 Å². The lowest BCUT2D eigenvalue weighted by Gasteiger charge is -2.12. The quantitative estimate of drug-likeness (QED) is 0.216. The first-order valence-electron chi connectivity index (χ1n) is 13.5. The Kier molecular flexibility index (Phi) is 8.34. The zero-order chi connectivity index (χ0) is 28.8. The van der Waals surface area contributed by atoms with Crippen LogP contribution < -0.4 is 15.4 Å². The molecule has 3 aromatic carbocycles. The minimum absolute atomic E-state index is 0.0692. The van der Waals surface area contributed by atoms with Gasteiger partial charge in [0.2, 0.25) is 5.95 Å². The van der Waals surface area contributed by atoms with Gasteiger partial charge in [0.15, 0.2) is 5.65 Å². The van der Waals surface area contributed by atoms with E-state index in [4.69, 9.17) is 4.74 Å². The Labute approximate surface area is 237 Å². The van der Waals surface area contributed by atoms with E-state index in [2.05, 4.69) is 20.7 Å². The number of nitrogens with zero attached hydrogens (tertiary/aromatic N) is 3. The Bertz CT molecular complexity index is 1680. The smallest absolute Gasteiger partial charge is 0.251 e. The van der Waals surface area contributed by atoms with Crippen LogP contribution in [0.1, 0.15) is 35.3 Å². The molecule has 0 saturated carbocycles. The number of carbonyl (C=O) groups excluding carboxylic acids is 2. The fourth-order valence-electron chi connectivity index (χ4n) is 4.47. The minimum atomic E-state index is -0.312. The molecule has 0 spiro atoms. The van der Waals surface area contributed by atoms with Crippen LogP contribution in [0.4, 0.5) is 16.0 Å². The number of hydrogen-bond donors (Lipinski definition) is 2. The topological polar surface area (TPSA) is 97.6 Å². The number of nitrogens with one attached hydrogen (secondary N) is 2. The number of fused-ring (bicyclic) bond motifs is 1. The summed E-state index contributed by atoms with van der Waals surface area (Å²) >= 11 is 0. The molecule has 0 atom stereocenters. The number of Topliss-reactive ketones (excluding diaryl/α,β-unsaturated/α-hetero) is 1. The first-order valence-corrected chi connectivity index (χ1v) is 13.5. The van der Waals surface area contributed by atoms with Crippen molar-refractivity contribution in [3.8, 4) is 16.9 Å². The molecule has 5 rings (SSSR count). The fourth-order valence-corrected chi connectivity index (χ4v) is 4.47. The van der Waals surface area contributed by atoms with Crippen molar-refractivity contribution in [2.45, 2.75) is 26.7 Å². The Morgan fingerprint density at radius 2 is 1.56 bits per heavy atom. The van der Waals surface area contributed by atoms with Crippen molar-refractivity contribution >= 4 is 29.0 Å². The molecule has 2 heterocycles. The molecule has 0 fully saturated rings. The predicted molar refractivity (Wildman–Crippen MR) is 156 cm³/mol. The fraction of sp³-hybridized carbons (Fsp3) is 0.188. The summed E-state index contributed by atoms with van der Waals surface area (Å²) in [6.45, 7) is 4.73. The maximum absolute atomic E-state index is 13.1. The molecular formula is C32H30FN5O3. The number of halogens is 1. The van der Waals surface area contributed by atoms with E-state index < -0.39 is 0 Å². The lowest BCUT2D eigenvalue weighted by molar-refractivity contribution is -0.117. The van der Waals surface area contributed by atoms with Crippen LogP contribution in [0.2, 0.25) is 0 Å². The monoisotopic (exact) mass is 551 g/mol. The highest BCUT2D eigenvalue weighted by Gasteiger charge is 2.13. The SMILES string of the molecule is CCNC(=O)c1ccc(Nc2nc3ccc(-c4ccc(CC(=O)Cc5ccc(F)cc5)cc4)cn3n2)c(OCC)c1. The van der Waals surface area contributed by atoms with E-state index >= 15 is 0 Å². The average molecular weight is 552 g/mol. The third kappa shape index (κ3) is 6.75. The molecule has 208 valence electrons. The second-order valence-electron chi connectivity index (χ2n) is 9.50. The predicted octanol–water partition coefficient (Wildman–Crippen LogP) is 5.78. The van der Waals surface area contributed by atoms with Crippen molar-refractivity contribution < 1.29 is 18.7 Å².